The second-order valence-electron chi connectivity index (χ2n) is 3.29. The second-order valence-corrected chi connectivity index (χ2v) is 5.06. The van der Waals surface area contributed by atoms with Gasteiger partial charge in [-0.25, -0.2) is 8.78 Å². The summed E-state index contributed by atoms with van der Waals surface area (Å²) in [6.45, 7) is -1.32. The van der Waals surface area contributed by atoms with Crippen molar-refractivity contribution < 1.29 is 13.9 Å². The van der Waals surface area contributed by atoms with Gasteiger partial charge in [0.25, 0.3) is 5.92 Å². The van der Waals surface area contributed by atoms with Crippen molar-refractivity contribution in [2.75, 3.05) is 12.3 Å². The lowest BCUT2D eigenvalue weighted by atomic mass is 10.0. The summed E-state index contributed by atoms with van der Waals surface area (Å²) in [6.07, 6.45) is 0. The van der Waals surface area contributed by atoms with Crippen LogP contribution in [0.25, 0.3) is 0 Å². The van der Waals surface area contributed by atoms with Crippen LogP contribution >= 0.6 is 31.9 Å². The Morgan fingerprint density at radius 2 is 1.94 bits per heavy atom. The van der Waals surface area contributed by atoms with E-state index in [1.807, 2.05) is 0 Å². The third kappa shape index (κ3) is 2.71. The van der Waals surface area contributed by atoms with Crippen LogP contribution in [-0.4, -0.2) is 17.6 Å². The Morgan fingerprint density at radius 3 is 2.44 bits per heavy atom. The Labute approximate surface area is 108 Å². The molecule has 1 aromatic rings. The van der Waals surface area contributed by atoms with Crippen molar-refractivity contribution in [3.8, 4) is 0 Å². The minimum absolute atomic E-state index is 0.0836. The summed E-state index contributed by atoms with van der Waals surface area (Å²) >= 11 is 6.29. The fourth-order valence-corrected chi connectivity index (χ4v) is 2.45. The number of aliphatic hydroxyl groups excluding tert-OH is 1. The number of aliphatic hydroxyl groups is 1. The largest absolute Gasteiger partial charge is 0.398 e. The van der Waals surface area contributed by atoms with E-state index in [4.69, 9.17) is 16.6 Å². The molecule has 1 atom stereocenters. The molecular weight excluding hydrogens is 350 g/mol. The SMILES string of the molecule is Nc1c(Br)cc(Br)cc1[C@H](N)C(F)(F)CO. The molecular formula is C9H10Br2F2N2O. The minimum atomic E-state index is -3.41. The lowest BCUT2D eigenvalue weighted by molar-refractivity contribution is -0.0710. The maximum absolute atomic E-state index is 13.2. The van der Waals surface area contributed by atoms with Crippen molar-refractivity contribution in [3.05, 3.63) is 26.6 Å². The predicted octanol–water partition coefficient (Wildman–Crippen LogP) is 2.42. The molecule has 1 rings (SSSR count). The van der Waals surface area contributed by atoms with Gasteiger partial charge in [-0.05, 0) is 28.1 Å². The van der Waals surface area contributed by atoms with Crippen LogP contribution in [0.15, 0.2) is 21.1 Å². The van der Waals surface area contributed by atoms with Crippen molar-refractivity contribution in [3.63, 3.8) is 0 Å². The summed E-state index contributed by atoms with van der Waals surface area (Å²) < 4.78 is 27.5. The first-order valence-electron chi connectivity index (χ1n) is 4.28. The van der Waals surface area contributed by atoms with Crippen LogP contribution in [0, 0.1) is 0 Å². The maximum Gasteiger partial charge on any atom is 0.289 e. The number of nitrogens with two attached hydrogens (primary N) is 2. The van der Waals surface area contributed by atoms with Gasteiger partial charge in [-0.3, -0.25) is 0 Å². The van der Waals surface area contributed by atoms with E-state index < -0.39 is 18.6 Å². The maximum atomic E-state index is 13.2. The normalized spacial score (nSPS) is 13.9. The molecule has 1 aromatic carbocycles. The predicted molar refractivity (Wildman–Crippen MR) is 65.2 cm³/mol. The van der Waals surface area contributed by atoms with Gasteiger partial charge >= 0.3 is 0 Å². The molecule has 0 fully saturated rings. The molecule has 0 amide bonds. The van der Waals surface area contributed by atoms with Gasteiger partial charge in [0.2, 0.25) is 0 Å². The average molecular weight is 360 g/mol. The Morgan fingerprint density at radius 1 is 1.38 bits per heavy atom. The molecule has 0 aliphatic heterocycles. The number of benzene rings is 1. The van der Waals surface area contributed by atoms with Gasteiger partial charge in [0.15, 0.2) is 0 Å². The van der Waals surface area contributed by atoms with Gasteiger partial charge in [0.1, 0.15) is 6.61 Å². The van der Waals surface area contributed by atoms with Crippen LogP contribution in [-0.2, 0) is 0 Å². The molecule has 0 saturated carbocycles. The minimum Gasteiger partial charge on any atom is -0.398 e. The van der Waals surface area contributed by atoms with E-state index in [1.165, 1.54) is 6.07 Å². The zero-order valence-corrected chi connectivity index (χ0v) is 11.2. The molecule has 3 nitrogen and oxygen atoms in total. The first-order valence-corrected chi connectivity index (χ1v) is 5.87. The standard InChI is InChI=1S/C9H10Br2F2N2O/c10-4-1-5(7(14)6(11)2-4)8(15)9(12,13)3-16/h1-2,8,16H,3,14-15H2/t8-/m0/s1. The van der Waals surface area contributed by atoms with E-state index in [9.17, 15) is 8.78 Å². The highest BCUT2D eigenvalue weighted by Crippen LogP contribution is 2.37. The van der Waals surface area contributed by atoms with Gasteiger partial charge in [0.05, 0.1) is 11.7 Å². The Hall–Kier alpha value is -0.240. The number of alkyl halides is 2. The summed E-state index contributed by atoms with van der Waals surface area (Å²) in [7, 11) is 0. The highest BCUT2D eigenvalue weighted by molar-refractivity contribution is 9.11. The van der Waals surface area contributed by atoms with E-state index in [2.05, 4.69) is 31.9 Å². The van der Waals surface area contributed by atoms with Gasteiger partial charge in [-0.15, -0.1) is 0 Å². The fourth-order valence-electron chi connectivity index (χ4n) is 1.19. The third-order valence-electron chi connectivity index (χ3n) is 2.13. The summed E-state index contributed by atoms with van der Waals surface area (Å²) in [6, 6.07) is 1.39. The number of nitrogen functional groups attached to an aromatic ring is 1. The van der Waals surface area contributed by atoms with E-state index in [0.29, 0.717) is 8.95 Å². The molecule has 0 unspecified atom stereocenters. The number of anilines is 1. The average Bonchev–Trinajstić information content (AvgIpc) is 2.22. The molecule has 0 heterocycles. The molecule has 16 heavy (non-hydrogen) atoms. The number of halogens is 4. The number of hydrogen-bond donors (Lipinski definition) is 3. The van der Waals surface area contributed by atoms with Crippen molar-refractivity contribution >= 4 is 37.5 Å². The van der Waals surface area contributed by atoms with Crippen LogP contribution in [0.1, 0.15) is 11.6 Å². The zero-order chi connectivity index (χ0) is 12.5. The van der Waals surface area contributed by atoms with Crippen molar-refractivity contribution in [1.29, 1.82) is 0 Å². The van der Waals surface area contributed by atoms with Gasteiger partial charge in [-0.1, -0.05) is 15.9 Å². The second kappa shape index (κ2) is 4.95. The third-order valence-corrected chi connectivity index (χ3v) is 3.24. The van der Waals surface area contributed by atoms with Crippen LogP contribution in [0.4, 0.5) is 14.5 Å². The van der Waals surface area contributed by atoms with Crippen LogP contribution in [0.3, 0.4) is 0 Å². The highest BCUT2D eigenvalue weighted by Gasteiger charge is 2.38. The molecule has 0 spiro atoms. The van der Waals surface area contributed by atoms with Crippen molar-refractivity contribution in [2.24, 2.45) is 5.73 Å². The summed E-state index contributed by atoms with van der Waals surface area (Å²) in [5.41, 5.74) is 11.3. The molecule has 0 saturated heterocycles. The Kier molecular flexibility index (Phi) is 4.28. The van der Waals surface area contributed by atoms with Gasteiger partial charge in [0, 0.05) is 14.5 Å². The summed E-state index contributed by atoms with van der Waals surface area (Å²) in [5, 5.41) is 8.56. The Balaban J connectivity index is 3.23. The zero-order valence-electron chi connectivity index (χ0n) is 8.05. The van der Waals surface area contributed by atoms with Gasteiger partial charge in [-0.2, -0.15) is 0 Å². The number of rotatable bonds is 3. The van der Waals surface area contributed by atoms with Crippen molar-refractivity contribution in [1.82, 2.24) is 0 Å². The molecule has 0 radical (unpaired) electrons. The van der Waals surface area contributed by atoms with Crippen LogP contribution < -0.4 is 11.5 Å². The molecule has 0 aliphatic carbocycles. The van der Waals surface area contributed by atoms with Crippen molar-refractivity contribution in [2.45, 2.75) is 12.0 Å². The smallest absolute Gasteiger partial charge is 0.289 e. The quantitative estimate of drug-likeness (QED) is 0.726. The molecule has 90 valence electrons. The molecule has 0 bridgehead atoms. The van der Waals surface area contributed by atoms with E-state index in [1.54, 1.807) is 6.07 Å². The fraction of sp³-hybridized carbons (Fsp3) is 0.333. The number of hydrogen-bond acceptors (Lipinski definition) is 3. The van der Waals surface area contributed by atoms with Gasteiger partial charge < -0.3 is 16.6 Å². The monoisotopic (exact) mass is 358 g/mol. The van der Waals surface area contributed by atoms with E-state index >= 15 is 0 Å². The van der Waals surface area contributed by atoms with Crippen LogP contribution in [0.5, 0.6) is 0 Å². The molecule has 5 N–H and O–H groups in total. The van der Waals surface area contributed by atoms with E-state index in [0.717, 1.165) is 0 Å². The molecule has 7 heteroatoms. The molecule has 0 aromatic heterocycles. The summed E-state index contributed by atoms with van der Waals surface area (Å²) in [5.74, 6) is -3.41. The topological polar surface area (TPSA) is 72.3 Å². The molecule has 0 aliphatic rings. The first-order chi connectivity index (χ1) is 7.29. The van der Waals surface area contributed by atoms with E-state index in [-0.39, 0.29) is 11.3 Å². The first kappa shape index (κ1) is 13.8. The van der Waals surface area contributed by atoms with Crippen LogP contribution in [0.2, 0.25) is 0 Å². The Bertz CT molecular complexity index is 401. The lowest BCUT2D eigenvalue weighted by Crippen LogP contribution is -2.36. The summed E-state index contributed by atoms with van der Waals surface area (Å²) in [4.78, 5) is 0. The highest BCUT2D eigenvalue weighted by atomic mass is 79.9. The lowest BCUT2D eigenvalue weighted by Gasteiger charge is -2.23.